The minimum atomic E-state index is -1.39. The third-order valence-electron chi connectivity index (χ3n) is 9.40. The molecule has 1 unspecified atom stereocenters. The average Bonchev–Trinajstić information content (AvgIpc) is 3.04. The molecule has 240 valence electrons. The summed E-state index contributed by atoms with van der Waals surface area (Å²) in [6.45, 7) is 6.03. The number of nitrogens with one attached hydrogen (secondary N) is 1. The smallest absolute Gasteiger partial charge is 0.230 e. The number of aromatic nitrogens is 3. The summed E-state index contributed by atoms with van der Waals surface area (Å²) in [5, 5.41) is 22.6. The van der Waals surface area contributed by atoms with Crippen molar-refractivity contribution in [2.75, 3.05) is 62.7 Å². The van der Waals surface area contributed by atoms with Crippen LogP contribution in [-0.4, -0.2) is 113 Å². The van der Waals surface area contributed by atoms with Crippen molar-refractivity contribution in [2.45, 2.75) is 43.7 Å². The zero-order valence-corrected chi connectivity index (χ0v) is 25.5. The molecule has 0 bridgehead atoms. The molecular weight excluding hydrogens is 591 g/mol. The molecule has 1 amide bonds. The number of amides is 1. The second-order valence-electron chi connectivity index (χ2n) is 12.4. The van der Waals surface area contributed by atoms with E-state index in [1.54, 1.807) is 18.2 Å². The van der Waals surface area contributed by atoms with Gasteiger partial charge in [-0.25, -0.2) is 14.4 Å². The molecule has 12 nitrogen and oxygen atoms in total. The third kappa shape index (κ3) is 6.46. The highest BCUT2D eigenvalue weighted by Gasteiger charge is 2.40. The molecule has 3 aromatic rings. The molecule has 4 fully saturated rings. The van der Waals surface area contributed by atoms with E-state index in [0.29, 0.717) is 49.2 Å². The van der Waals surface area contributed by atoms with E-state index in [-0.39, 0.29) is 29.7 Å². The number of likely N-dealkylation sites (tertiary alicyclic amines) is 1. The number of hydrogen-bond acceptors (Lipinski definition) is 11. The molecule has 0 radical (unpaired) electrons. The van der Waals surface area contributed by atoms with Gasteiger partial charge in [0.05, 0.1) is 37.5 Å². The molecule has 4 heterocycles. The normalized spacial score (nSPS) is 25.2. The maximum Gasteiger partial charge on any atom is 0.230 e. The summed E-state index contributed by atoms with van der Waals surface area (Å²) in [6.07, 6.45) is -0.0127. The maximum absolute atomic E-state index is 15.1. The molecule has 2 atom stereocenters. The highest BCUT2D eigenvalue weighted by Crippen LogP contribution is 2.32. The number of carbonyl (C=O) groups excluding carboxylic acids is 1. The Morgan fingerprint density at radius 3 is 2.52 bits per heavy atom. The zero-order chi connectivity index (χ0) is 31.6. The van der Waals surface area contributed by atoms with Crippen molar-refractivity contribution in [3.63, 3.8) is 0 Å². The van der Waals surface area contributed by atoms with E-state index in [0.717, 1.165) is 45.1 Å². The number of carbonyl (C=O) groups is 1. The van der Waals surface area contributed by atoms with Crippen molar-refractivity contribution in [3.8, 4) is 23.2 Å². The minimum Gasteiger partial charge on any atom is -0.486 e. The molecule has 3 aliphatic heterocycles. The van der Waals surface area contributed by atoms with E-state index in [2.05, 4.69) is 48.3 Å². The monoisotopic (exact) mass is 628 g/mol. The van der Waals surface area contributed by atoms with E-state index in [1.807, 2.05) is 12.1 Å². The highest BCUT2D eigenvalue weighted by atomic mass is 19.1. The lowest BCUT2D eigenvalue weighted by atomic mass is 9.81. The van der Waals surface area contributed by atoms with Gasteiger partial charge in [0.15, 0.2) is 12.0 Å². The Morgan fingerprint density at radius 1 is 1.07 bits per heavy atom. The Kier molecular flexibility index (Phi) is 8.66. The van der Waals surface area contributed by atoms with Crippen LogP contribution >= 0.6 is 0 Å². The lowest BCUT2D eigenvalue weighted by molar-refractivity contribution is -0.146. The van der Waals surface area contributed by atoms with E-state index < -0.39 is 18.4 Å². The summed E-state index contributed by atoms with van der Waals surface area (Å²) in [7, 11) is 0. The van der Waals surface area contributed by atoms with Gasteiger partial charge in [-0.05, 0) is 55.3 Å². The number of aliphatic hydroxyl groups excluding tert-OH is 1. The fourth-order valence-corrected chi connectivity index (χ4v) is 6.45. The number of anilines is 3. The Morgan fingerprint density at radius 2 is 1.85 bits per heavy atom. The Bertz CT molecular complexity index is 1590. The van der Waals surface area contributed by atoms with Crippen LogP contribution in [0.25, 0.3) is 11.4 Å². The van der Waals surface area contributed by atoms with E-state index in [4.69, 9.17) is 9.47 Å². The van der Waals surface area contributed by atoms with Crippen molar-refractivity contribution in [1.29, 1.82) is 5.26 Å². The second kappa shape index (κ2) is 13.2. The average molecular weight is 629 g/mol. The number of piperazine rings is 1. The molecule has 1 aromatic heterocycles. The van der Waals surface area contributed by atoms with Gasteiger partial charge < -0.3 is 29.7 Å². The molecular formula is C33H37FN8O4. The highest BCUT2D eigenvalue weighted by molar-refractivity contribution is 5.80. The molecule has 2 aromatic carbocycles. The number of rotatable bonds is 8. The molecule has 46 heavy (non-hydrogen) atoms. The van der Waals surface area contributed by atoms with Crippen LogP contribution < -0.4 is 15.0 Å². The summed E-state index contributed by atoms with van der Waals surface area (Å²) < 4.78 is 26.4. The first kappa shape index (κ1) is 30.3. The van der Waals surface area contributed by atoms with Gasteiger partial charge in [-0.15, -0.1) is 0 Å². The predicted molar refractivity (Wildman–Crippen MR) is 167 cm³/mol. The first-order valence-electron chi connectivity index (χ1n) is 15.9. The number of nitrogens with zero attached hydrogens (tertiary/aromatic N) is 7. The molecule has 7 rings (SSSR count). The topological polar surface area (TPSA) is 140 Å². The SMILES string of the molecule is N#Cc1cc(-c2ncnc(Nc3ccc(N4CCN(C5COC5)CC4)cc3)n2)ccc1OC1CCN(C(=O)C2CC(O)C2)C[C@H]1F. The van der Waals surface area contributed by atoms with Gasteiger partial charge in [0.25, 0.3) is 0 Å². The lowest BCUT2D eigenvalue weighted by Crippen LogP contribution is -2.56. The standard InChI is InChI=1S/C33H37FN8O4/c34-28-17-42(32(44)22-14-27(43)15-22)8-7-30(28)46-29-6-1-21(13-23(29)16-35)31-36-20-37-33(39-31)38-24-2-4-25(5-3-24)40-9-11-41(12-10-40)26-18-45-19-26/h1-6,13,20,22,26-28,30,43H,7-12,14-15,17-19H2,(H,36,37,38,39)/t22?,27?,28-,30?/m1/s1. The maximum atomic E-state index is 15.1. The van der Waals surface area contributed by atoms with Gasteiger partial charge in [0, 0.05) is 62.0 Å². The van der Waals surface area contributed by atoms with Crippen LogP contribution in [0.3, 0.4) is 0 Å². The van der Waals surface area contributed by atoms with Gasteiger partial charge in [0.2, 0.25) is 11.9 Å². The molecule has 3 saturated heterocycles. The first-order valence-corrected chi connectivity index (χ1v) is 15.9. The fourth-order valence-electron chi connectivity index (χ4n) is 6.45. The number of halogens is 1. The van der Waals surface area contributed by atoms with E-state index >= 15 is 4.39 Å². The van der Waals surface area contributed by atoms with Crippen molar-refractivity contribution >= 4 is 23.2 Å². The van der Waals surface area contributed by atoms with Crippen molar-refractivity contribution in [3.05, 3.63) is 54.4 Å². The van der Waals surface area contributed by atoms with Gasteiger partial charge >= 0.3 is 0 Å². The molecule has 1 aliphatic carbocycles. The van der Waals surface area contributed by atoms with Crippen molar-refractivity contribution in [2.24, 2.45) is 5.92 Å². The number of nitriles is 1. The van der Waals surface area contributed by atoms with Crippen molar-refractivity contribution in [1.82, 2.24) is 24.8 Å². The number of hydrogen-bond donors (Lipinski definition) is 2. The summed E-state index contributed by atoms with van der Waals surface area (Å²) in [5.74, 6) is 0.676. The van der Waals surface area contributed by atoms with Gasteiger partial charge in [-0.2, -0.15) is 10.2 Å². The van der Waals surface area contributed by atoms with Crippen LogP contribution in [0.15, 0.2) is 48.8 Å². The van der Waals surface area contributed by atoms with Crippen LogP contribution in [0, 0.1) is 17.2 Å². The first-order chi connectivity index (χ1) is 22.4. The van der Waals surface area contributed by atoms with Crippen LogP contribution in [0.1, 0.15) is 24.8 Å². The van der Waals surface area contributed by atoms with Crippen LogP contribution in [0.5, 0.6) is 5.75 Å². The van der Waals surface area contributed by atoms with Gasteiger partial charge in [0.1, 0.15) is 24.3 Å². The minimum absolute atomic E-state index is 0.0625. The Balaban J connectivity index is 0.957. The summed E-state index contributed by atoms with van der Waals surface area (Å²) >= 11 is 0. The lowest BCUT2D eigenvalue weighted by Gasteiger charge is -2.43. The van der Waals surface area contributed by atoms with Crippen LogP contribution in [-0.2, 0) is 9.53 Å². The Labute approximate surface area is 266 Å². The molecule has 4 aliphatic rings. The number of aliphatic hydroxyl groups is 1. The van der Waals surface area contributed by atoms with Crippen molar-refractivity contribution < 1.29 is 23.8 Å². The quantitative estimate of drug-likeness (QED) is 0.381. The molecule has 0 spiro atoms. The molecule has 1 saturated carbocycles. The van der Waals surface area contributed by atoms with Gasteiger partial charge in [-0.1, -0.05) is 0 Å². The second-order valence-corrected chi connectivity index (χ2v) is 12.4. The largest absolute Gasteiger partial charge is 0.486 e. The number of alkyl halides is 1. The van der Waals surface area contributed by atoms with E-state index in [9.17, 15) is 15.2 Å². The molecule has 2 N–H and O–H groups in total. The van der Waals surface area contributed by atoms with E-state index in [1.165, 1.54) is 16.9 Å². The fraction of sp³-hybridized carbons (Fsp3) is 0.485. The number of benzene rings is 2. The number of piperidine rings is 1. The van der Waals surface area contributed by atoms with Gasteiger partial charge in [-0.3, -0.25) is 9.69 Å². The van der Waals surface area contributed by atoms with Crippen LogP contribution in [0.2, 0.25) is 0 Å². The Hall–Kier alpha value is -4.38. The number of ether oxygens (including phenoxy) is 2. The van der Waals surface area contributed by atoms with Crippen LogP contribution in [0.4, 0.5) is 21.7 Å². The predicted octanol–water partition coefficient (Wildman–Crippen LogP) is 2.76. The zero-order valence-electron chi connectivity index (χ0n) is 25.5. The third-order valence-corrected chi connectivity index (χ3v) is 9.40. The summed E-state index contributed by atoms with van der Waals surface area (Å²) in [5.41, 5.74) is 2.84. The summed E-state index contributed by atoms with van der Waals surface area (Å²) in [6, 6.07) is 15.9. The summed E-state index contributed by atoms with van der Waals surface area (Å²) in [4.78, 5) is 32.1. The molecule has 13 heteroatoms.